The van der Waals surface area contributed by atoms with Crippen LogP contribution in [0.2, 0.25) is 0 Å². The van der Waals surface area contributed by atoms with Gasteiger partial charge in [0.25, 0.3) is 5.56 Å². The van der Waals surface area contributed by atoms with E-state index in [9.17, 15) is 4.79 Å². The van der Waals surface area contributed by atoms with Gasteiger partial charge < -0.3 is 5.32 Å². The molecule has 2 aromatic rings. The van der Waals surface area contributed by atoms with E-state index in [0.29, 0.717) is 6.54 Å². The van der Waals surface area contributed by atoms with Crippen molar-refractivity contribution in [1.82, 2.24) is 24.5 Å². The van der Waals surface area contributed by atoms with Crippen molar-refractivity contribution in [2.75, 3.05) is 11.9 Å². The van der Waals surface area contributed by atoms with Crippen molar-refractivity contribution < 1.29 is 0 Å². The molecule has 0 aliphatic carbocycles. The molecule has 2 aromatic heterocycles. The lowest BCUT2D eigenvalue weighted by Crippen LogP contribution is -2.28. The van der Waals surface area contributed by atoms with Crippen LogP contribution in [0, 0.1) is 0 Å². The molecule has 106 valence electrons. The van der Waals surface area contributed by atoms with Gasteiger partial charge in [0.05, 0.1) is 11.4 Å². The van der Waals surface area contributed by atoms with E-state index >= 15 is 0 Å². The summed E-state index contributed by atoms with van der Waals surface area (Å²) in [7, 11) is 0. The number of aromatic nitrogens is 5. The third kappa shape index (κ3) is 2.31. The lowest BCUT2D eigenvalue weighted by molar-refractivity contribution is 0.479. The highest BCUT2D eigenvalue weighted by atomic mass is 16.1. The number of rotatable bonds is 3. The van der Waals surface area contributed by atoms with Gasteiger partial charge in [0.2, 0.25) is 0 Å². The first-order chi connectivity index (χ1) is 9.65. The zero-order valence-corrected chi connectivity index (χ0v) is 11.7. The van der Waals surface area contributed by atoms with E-state index in [2.05, 4.69) is 20.5 Å². The van der Waals surface area contributed by atoms with E-state index in [1.54, 1.807) is 6.07 Å². The quantitative estimate of drug-likeness (QED) is 0.896. The fraction of sp³-hybridized carbons (Fsp3) is 0.538. The van der Waals surface area contributed by atoms with Crippen LogP contribution in [0.25, 0.3) is 0 Å². The molecule has 1 N–H and O–H groups in total. The molecule has 0 radical (unpaired) electrons. The third-order valence-electron chi connectivity index (χ3n) is 3.41. The van der Waals surface area contributed by atoms with Gasteiger partial charge in [-0.05, 0) is 26.7 Å². The van der Waals surface area contributed by atoms with Crippen LogP contribution in [0.3, 0.4) is 0 Å². The van der Waals surface area contributed by atoms with Crippen molar-refractivity contribution in [3.8, 4) is 0 Å². The average molecular weight is 274 g/mol. The maximum atomic E-state index is 12.1. The number of nitrogens with zero attached hydrogens (tertiary/aromatic N) is 5. The standard InChI is InChI=1S/C13H18N6O/c1-9(2)19-12(15-8-16-19)7-18-13(20)6-11-10(17-18)4-3-5-14-11/h6,8-9,14H,3-5,7H2,1-2H3. The van der Waals surface area contributed by atoms with Crippen molar-refractivity contribution in [2.24, 2.45) is 0 Å². The van der Waals surface area contributed by atoms with Gasteiger partial charge in [0, 0.05) is 18.7 Å². The third-order valence-corrected chi connectivity index (χ3v) is 3.41. The summed E-state index contributed by atoms with van der Waals surface area (Å²) < 4.78 is 3.28. The van der Waals surface area contributed by atoms with E-state index in [1.807, 2.05) is 18.5 Å². The Balaban J connectivity index is 1.94. The summed E-state index contributed by atoms with van der Waals surface area (Å²) in [4.78, 5) is 16.3. The van der Waals surface area contributed by atoms with Crippen molar-refractivity contribution in [3.63, 3.8) is 0 Å². The fourth-order valence-corrected chi connectivity index (χ4v) is 2.41. The molecule has 0 amide bonds. The van der Waals surface area contributed by atoms with Crippen molar-refractivity contribution in [1.29, 1.82) is 0 Å². The van der Waals surface area contributed by atoms with Crippen molar-refractivity contribution >= 4 is 5.69 Å². The predicted molar refractivity (Wildman–Crippen MR) is 74.8 cm³/mol. The smallest absolute Gasteiger partial charge is 0.269 e. The summed E-state index contributed by atoms with van der Waals surface area (Å²) in [5.41, 5.74) is 1.70. The number of hydrogen-bond acceptors (Lipinski definition) is 5. The van der Waals surface area contributed by atoms with Gasteiger partial charge in [-0.3, -0.25) is 4.79 Å². The fourth-order valence-electron chi connectivity index (χ4n) is 2.41. The Hall–Kier alpha value is -2.18. The topological polar surface area (TPSA) is 77.6 Å². The Bertz CT molecular complexity index is 672. The molecule has 3 heterocycles. The second-order valence-corrected chi connectivity index (χ2v) is 5.25. The molecule has 1 aliphatic heterocycles. The molecule has 20 heavy (non-hydrogen) atoms. The van der Waals surface area contributed by atoms with E-state index < -0.39 is 0 Å². The molecule has 0 bridgehead atoms. The van der Waals surface area contributed by atoms with Gasteiger partial charge >= 0.3 is 0 Å². The highest BCUT2D eigenvalue weighted by Crippen LogP contribution is 2.16. The minimum atomic E-state index is -0.114. The Labute approximate surface area is 116 Å². The van der Waals surface area contributed by atoms with E-state index in [4.69, 9.17) is 0 Å². The van der Waals surface area contributed by atoms with Gasteiger partial charge in [-0.2, -0.15) is 10.2 Å². The van der Waals surface area contributed by atoms with Crippen LogP contribution in [0.4, 0.5) is 5.69 Å². The molecule has 0 fully saturated rings. The molecule has 1 aliphatic rings. The highest BCUT2D eigenvalue weighted by Gasteiger charge is 2.15. The molecule has 0 saturated carbocycles. The van der Waals surface area contributed by atoms with Crippen molar-refractivity contribution in [2.45, 2.75) is 39.3 Å². The van der Waals surface area contributed by atoms with Crippen LogP contribution >= 0.6 is 0 Å². The van der Waals surface area contributed by atoms with Crippen molar-refractivity contribution in [3.05, 3.63) is 34.3 Å². The number of nitrogens with one attached hydrogen (secondary N) is 1. The minimum Gasteiger partial charge on any atom is -0.383 e. The van der Waals surface area contributed by atoms with E-state index in [-0.39, 0.29) is 11.6 Å². The van der Waals surface area contributed by atoms with E-state index in [0.717, 1.165) is 36.6 Å². The summed E-state index contributed by atoms with van der Waals surface area (Å²) in [5, 5.41) is 11.8. The summed E-state index contributed by atoms with van der Waals surface area (Å²) in [6.45, 7) is 5.32. The minimum absolute atomic E-state index is 0.114. The van der Waals surface area contributed by atoms with Crippen LogP contribution in [0.15, 0.2) is 17.2 Å². The zero-order valence-electron chi connectivity index (χ0n) is 11.7. The second-order valence-electron chi connectivity index (χ2n) is 5.25. The van der Waals surface area contributed by atoms with Crippen LogP contribution in [-0.2, 0) is 13.0 Å². The Morgan fingerprint density at radius 1 is 1.45 bits per heavy atom. The molecule has 0 aromatic carbocycles. The highest BCUT2D eigenvalue weighted by molar-refractivity contribution is 5.48. The number of anilines is 1. The predicted octanol–water partition coefficient (Wildman–Crippen LogP) is 0.822. The lowest BCUT2D eigenvalue weighted by atomic mass is 10.1. The van der Waals surface area contributed by atoms with Crippen LogP contribution in [0.5, 0.6) is 0 Å². The molecule has 0 unspecified atom stereocenters. The Morgan fingerprint density at radius 2 is 2.30 bits per heavy atom. The monoisotopic (exact) mass is 274 g/mol. The van der Waals surface area contributed by atoms with Crippen LogP contribution in [-0.4, -0.2) is 31.1 Å². The summed E-state index contributed by atoms with van der Waals surface area (Å²) in [5.74, 6) is 0.748. The molecule has 7 heteroatoms. The molecule has 3 rings (SSSR count). The second kappa shape index (κ2) is 5.07. The first-order valence-corrected chi connectivity index (χ1v) is 6.88. The first kappa shape index (κ1) is 12.8. The molecule has 0 saturated heterocycles. The van der Waals surface area contributed by atoms with Gasteiger partial charge in [0.1, 0.15) is 18.7 Å². The molecular weight excluding hydrogens is 256 g/mol. The number of aryl methyl sites for hydroxylation is 1. The molecule has 7 nitrogen and oxygen atoms in total. The lowest BCUT2D eigenvalue weighted by Gasteiger charge is -2.18. The molecular formula is C13H18N6O. The van der Waals surface area contributed by atoms with Crippen LogP contribution < -0.4 is 10.9 Å². The van der Waals surface area contributed by atoms with E-state index in [1.165, 1.54) is 11.0 Å². The Morgan fingerprint density at radius 3 is 3.10 bits per heavy atom. The van der Waals surface area contributed by atoms with Crippen LogP contribution in [0.1, 0.15) is 37.8 Å². The summed E-state index contributed by atoms with van der Waals surface area (Å²) in [6.07, 6.45) is 3.46. The number of hydrogen-bond donors (Lipinski definition) is 1. The molecule has 0 spiro atoms. The van der Waals surface area contributed by atoms with Gasteiger partial charge in [-0.25, -0.2) is 14.3 Å². The molecule has 0 atom stereocenters. The summed E-state index contributed by atoms with van der Waals surface area (Å²) in [6, 6.07) is 1.83. The normalized spacial score (nSPS) is 14.2. The van der Waals surface area contributed by atoms with Gasteiger partial charge in [0.15, 0.2) is 0 Å². The zero-order chi connectivity index (χ0) is 14.1. The maximum Gasteiger partial charge on any atom is 0.269 e. The number of fused-ring (bicyclic) bond motifs is 1. The van der Waals surface area contributed by atoms with Gasteiger partial charge in [-0.15, -0.1) is 0 Å². The average Bonchev–Trinajstić information content (AvgIpc) is 2.88. The largest absolute Gasteiger partial charge is 0.383 e. The van der Waals surface area contributed by atoms with Gasteiger partial charge in [-0.1, -0.05) is 0 Å². The summed E-state index contributed by atoms with van der Waals surface area (Å²) >= 11 is 0. The SMILES string of the molecule is CC(C)n1ncnc1Cn1nc2c(cc1=O)NCCC2. The first-order valence-electron chi connectivity index (χ1n) is 6.88. The Kier molecular flexibility index (Phi) is 3.25. The maximum absolute atomic E-state index is 12.1.